The second-order valence-electron chi connectivity index (χ2n) is 5.58. The first-order chi connectivity index (χ1) is 10.5. The van der Waals surface area contributed by atoms with Gasteiger partial charge in [-0.15, -0.1) is 0 Å². The van der Waals surface area contributed by atoms with Crippen molar-refractivity contribution in [2.24, 2.45) is 0 Å². The molecule has 1 heterocycles. The molecular weight excluding hydrogens is 284 g/mol. The van der Waals surface area contributed by atoms with E-state index in [0.717, 1.165) is 6.54 Å². The SMILES string of the molecule is COc1ccc(C(=O)CCC(=O)NCC2(O)CCNC2)cc1. The molecule has 1 aliphatic heterocycles. The van der Waals surface area contributed by atoms with Crippen molar-refractivity contribution in [2.75, 3.05) is 26.7 Å². The number of carbonyl (C=O) groups excluding carboxylic acids is 2. The van der Waals surface area contributed by atoms with Crippen LogP contribution in [0.3, 0.4) is 0 Å². The minimum atomic E-state index is -0.865. The Kier molecular flexibility index (Phi) is 5.51. The predicted molar refractivity (Wildman–Crippen MR) is 82.0 cm³/mol. The highest BCUT2D eigenvalue weighted by molar-refractivity contribution is 5.98. The second kappa shape index (κ2) is 7.38. The average Bonchev–Trinajstić information content (AvgIpc) is 2.98. The summed E-state index contributed by atoms with van der Waals surface area (Å²) in [6.45, 7) is 1.45. The van der Waals surface area contributed by atoms with Crippen molar-refractivity contribution in [3.05, 3.63) is 29.8 Å². The van der Waals surface area contributed by atoms with Crippen LogP contribution in [0.5, 0.6) is 5.75 Å². The number of carbonyl (C=O) groups is 2. The van der Waals surface area contributed by atoms with Gasteiger partial charge in [0.15, 0.2) is 5.78 Å². The molecule has 0 radical (unpaired) electrons. The third-order valence-corrected chi connectivity index (χ3v) is 3.83. The highest BCUT2D eigenvalue weighted by Gasteiger charge is 2.31. The molecule has 0 aromatic heterocycles. The highest BCUT2D eigenvalue weighted by Crippen LogP contribution is 2.14. The number of amides is 1. The first kappa shape index (κ1) is 16.5. The molecule has 1 aromatic rings. The van der Waals surface area contributed by atoms with Gasteiger partial charge in [0, 0.05) is 31.5 Å². The summed E-state index contributed by atoms with van der Waals surface area (Å²) >= 11 is 0. The van der Waals surface area contributed by atoms with Gasteiger partial charge in [-0.1, -0.05) is 0 Å². The highest BCUT2D eigenvalue weighted by atomic mass is 16.5. The van der Waals surface area contributed by atoms with E-state index in [1.807, 2.05) is 0 Å². The third-order valence-electron chi connectivity index (χ3n) is 3.83. The van der Waals surface area contributed by atoms with Crippen LogP contribution in [0.15, 0.2) is 24.3 Å². The molecule has 120 valence electrons. The van der Waals surface area contributed by atoms with Gasteiger partial charge in [-0.2, -0.15) is 0 Å². The van der Waals surface area contributed by atoms with E-state index in [4.69, 9.17) is 4.74 Å². The molecule has 0 aliphatic carbocycles. The Bertz CT molecular complexity index is 521. The number of ether oxygens (including phenoxy) is 1. The van der Waals surface area contributed by atoms with Crippen molar-refractivity contribution in [1.29, 1.82) is 0 Å². The van der Waals surface area contributed by atoms with Gasteiger partial charge in [0.05, 0.1) is 12.7 Å². The summed E-state index contributed by atoms with van der Waals surface area (Å²) in [6, 6.07) is 6.81. The van der Waals surface area contributed by atoms with Crippen LogP contribution < -0.4 is 15.4 Å². The van der Waals surface area contributed by atoms with Crippen molar-refractivity contribution in [3.63, 3.8) is 0 Å². The van der Waals surface area contributed by atoms with E-state index in [-0.39, 0.29) is 31.1 Å². The lowest BCUT2D eigenvalue weighted by atomic mass is 10.0. The summed E-state index contributed by atoms with van der Waals surface area (Å²) in [5.74, 6) is 0.383. The maximum Gasteiger partial charge on any atom is 0.220 e. The van der Waals surface area contributed by atoms with Gasteiger partial charge in [0.1, 0.15) is 5.75 Å². The van der Waals surface area contributed by atoms with E-state index in [0.29, 0.717) is 24.3 Å². The van der Waals surface area contributed by atoms with Crippen LogP contribution in [0.1, 0.15) is 29.6 Å². The lowest BCUT2D eigenvalue weighted by Crippen LogP contribution is -2.44. The Morgan fingerprint density at radius 2 is 2.05 bits per heavy atom. The molecule has 0 bridgehead atoms. The number of benzene rings is 1. The number of methoxy groups -OCH3 is 1. The molecule has 1 aromatic carbocycles. The maximum absolute atomic E-state index is 12.0. The first-order valence-corrected chi connectivity index (χ1v) is 7.39. The molecular formula is C16H22N2O4. The number of rotatable bonds is 7. The summed E-state index contributed by atoms with van der Waals surface area (Å²) in [6.07, 6.45) is 0.890. The minimum Gasteiger partial charge on any atom is -0.497 e. The van der Waals surface area contributed by atoms with Gasteiger partial charge in [-0.3, -0.25) is 9.59 Å². The fraction of sp³-hybridized carbons (Fsp3) is 0.500. The van der Waals surface area contributed by atoms with Crippen LogP contribution in [0.4, 0.5) is 0 Å². The number of Topliss-reactive ketones (excluding diaryl/α,β-unsaturated/α-hetero) is 1. The molecule has 1 aliphatic rings. The second-order valence-corrected chi connectivity index (χ2v) is 5.58. The fourth-order valence-corrected chi connectivity index (χ4v) is 2.38. The maximum atomic E-state index is 12.0. The minimum absolute atomic E-state index is 0.0842. The summed E-state index contributed by atoms with van der Waals surface area (Å²) in [4.78, 5) is 23.8. The van der Waals surface area contributed by atoms with Crippen LogP contribution in [0.25, 0.3) is 0 Å². The lowest BCUT2D eigenvalue weighted by molar-refractivity contribution is -0.122. The van der Waals surface area contributed by atoms with E-state index in [1.54, 1.807) is 31.4 Å². The molecule has 1 unspecified atom stereocenters. The Hall–Kier alpha value is -1.92. The molecule has 2 rings (SSSR count). The summed E-state index contributed by atoms with van der Waals surface area (Å²) in [5.41, 5.74) is -0.303. The molecule has 3 N–H and O–H groups in total. The van der Waals surface area contributed by atoms with Crippen molar-refractivity contribution >= 4 is 11.7 Å². The van der Waals surface area contributed by atoms with Gasteiger partial charge < -0.3 is 20.5 Å². The molecule has 6 heteroatoms. The smallest absolute Gasteiger partial charge is 0.220 e. The van der Waals surface area contributed by atoms with Crippen LogP contribution in [-0.4, -0.2) is 49.1 Å². The van der Waals surface area contributed by atoms with E-state index in [1.165, 1.54) is 0 Å². The van der Waals surface area contributed by atoms with Gasteiger partial charge in [-0.05, 0) is 37.2 Å². The van der Waals surface area contributed by atoms with Crippen LogP contribution in [0.2, 0.25) is 0 Å². The summed E-state index contributed by atoms with van der Waals surface area (Å²) in [7, 11) is 1.56. The summed E-state index contributed by atoms with van der Waals surface area (Å²) in [5, 5.41) is 15.8. The third kappa shape index (κ3) is 4.54. The number of aliphatic hydroxyl groups is 1. The van der Waals surface area contributed by atoms with Gasteiger partial charge in [0.25, 0.3) is 0 Å². The molecule has 1 saturated heterocycles. The topological polar surface area (TPSA) is 87.7 Å². The first-order valence-electron chi connectivity index (χ1n) is 7.39. The van der Waals surface area contributed by atoms with Crippen molar-refractivity contribution in [1.82, 2.24) is 10.6 Å². The van der Waals surface area contributed by atoms with Crippen molar-refractivity contribution in [3.8, 4) is 5.75 Å². The molecule has 1 atom stereocenters. The van der Waals surface area contributed by atoms with Gasteiger partial charge >= 0.3 is 0 Å². The zero-order chi connectivity index (χ0) is 16.0. The van der Waals surface area contributed by atoms with E-state index >= 15 is 0 Å². The summed E-state index contributed by atoms with van der Waals surface area (Å²) < 4.78 is 5.03. The van der Waals surface area contributed by atoms with Crippen LogP contribution in [-0.2, 0) is 4.79 Å². The zero-order valence-electron chi connectivity index (χ0n) is 12.7. The van der Waals surface area contributed by atoms with Crippen molar-refractivity contribution < 1.29 is 19.4 Å². The normalized spacial score (nSPS) is 20.6. The fourth-order valence-electron chi connectivity index (χ4n) is 2.38. The van der Waals surface area contributed by atoms with E-state index in [2.05, 4.69) is 10.6 Å². The van der Waals surface area contributed by atoms with E-state index in [9.17, 15) is 14.7 Å². The Balaban J connectivity index is 1.74. The average molecular weight is 306 g/mol. The number of hydrogen-bond acceptors (Lipinski definition) is 5. The Morgan fingerprint density at radius 3 is 2.64 bits per heavy atom. The largest absolute Gasteiger partial charge is 0.497 e. The predicted octanol–water partition coefficient (Wildman–Crippen LogP) is 0.499. The van der Waals surface area contributed by atoms with E-state index < -0.39 is 5.60 Å². The number of nitrogens with one attached hydrogen (secondary N) is 2. The van der Waals surface area contributed by atoms with Gasteiger partial charge in [-0.25, -0.2) is 0 Å². The molecule has 0 saturated carbocycles. The Morgan fingerprint density at radius 1 is 1.32 bits per heavy atom. The number of hydrogen-bond donors (Lipinski definition) is 3. The van der Waals surface area contributed by atoms with Crippen molar-refractivity contribution in [2.45, 2.75) is 24.9 Å². The Labute approximate surface area is 129 Å². The van der Waals surface area contributed by atoms with Crippen LogP contribution >= 0.6 is 0 Å². The number of ketones is 1. The van der Waals surface area contributed by atoms with Crippen LogP contribution in [0, 0.1) is 0 Å². The number of β-amino-alcohol motifs (C(OH)–C–C–N with tert-alkyl or cyclic N) is 1. The molecule has 22 heavy (non-hydrogen) atoms. The standard InChI is InChI=1S/C16H22N2O4/c1-22-13-4-2-12(3-5-13)14(19)6-7-15(20)18-11-16(21)8-9-17-10-16/h2-5,17,21H,6-11H2,1H3,(H,18,20). The monoisotopic (exact) mass is 306 g/mol. The quantitative estimate of drug-likeness (QED) is 0.639. The van der Waals surface area contributed by atoms with Gasteiger partial charge in [0.2, 0.25) is 5.91 Å². The molecule has 6 nitrogen and oxygen atoms in total. The molecule has 1 fully saturated rings. The zero-order valence-corrected chi connectivity index (χ0v) is 12.7. The lowest BCUT2D eigenvalue weighted by Gasteiger charge is -2.21. The molecule has 0 spiro atoms. The molecule has 1 amide bonds.